The second-order valence-corrected chi connectivity index (χ2v) is 6.10. The molecule has 0 bridgehead atoms. The third kappa shape index (κ3) is 2.96. The van der Waals surface area contributed by atoms with E-state index in [1.54, 1.807) is 6.07 Å². The van der Waals surface area contributed by atoms with Gasteiger partial charge in [0.05, 0.1) is 5.56 Å². The Bertz CT molecular complexity index is 1070. The largest absolute Gasteiger partial charge is 0.343 e. The Hall–Kier alpha value is -3.44. The van der Waals surface area contributed by atoms with Gasteiger partial charge in [-0.15, -0.1) is 0 Å². The Labute approximate surface area is 151 Å². The molecule has 1 amide bonds. The van der Waals surface area contributed by atoms with Crippen molar-refractivity contribution in [2.24, 2.45) is 5.84 Å². The predicted octanol–water partition coefficient (Wildman–Crippen LogP) is 3.36. The van der Waals surface area contributed by atoms with Gasteiger partial charge < -0.3 is 4.57 Å². The lowest BCUT2D eigenvalue weighted by atomic mass is 10.1. The highest BCUT2D eigenvalue weighted by molar-refractivity contribution is 6.06. The zero-order chi connectivity index (χ0) is 17.9. The summed E-state index contributed by atoms with van der Waals surface area (Å²) >= 11 is 0. The molecule has 0 aliphatic carbocycles. The Morgan fingerprint density at radius 1 is 1.00 bits per heavy atom. The van der Waals surface area contributed by atoms with Crippen LogP contribution >= 0.6 is 0 Å². The Balaban J connectivity index is 1.69. The molecule has 0 radical (unpaired) electrons. The Morgan fingerprint density at radius 2 is 1.85 bits per heavy atom. The smallest absolute Gasteiger partial charge is 0.265 e. The quantitative estimate of drug-likeness (QED) is 0.339. The molecule has 0 atom stereocenters. The fourth-order valence-electron chi connectivity index (χ4n) is 3.20. The van der Waals surface area contributed by atoms with Gasteiger partial charge in [-0.1, -0.05) is 36.4 Å². The first-order chi connectivity index (χ1) is 12.8. The highest BCUT2D eigenvalue weighted by Crippen LogP contribution is 2.23. The van der Waals surface area contributed by atoms with Crippen molar-refractivity contribution in [2.45, 2.75) is 6.54 Å². The summed E-state index contributed by atoms with van der Waals surface area (Å²) in [6.45, 7) is 0.671. The van der Waals surface area contributed by atoms with Crippen LogP contribution in [-0.2, 0) is 6.54 Å². The number of carbonyl (C=O) groups excluding carboxylic acids is 1. The maximum atomic E-state index is 11.9. The number of rotatable bonds is 4. The summed E-state index contributed by atoms with van der Waals surface area (Å²) in [5, 5.41) is 0.877. The predicted molar refractivity (Wildman–Crippen MR) is 102 cm³/mol. The topological polar surface area (TPSA) is 72.9 Å². The lowest BCUT2D eigenvalue weighted by Crippen LogP contribution is -2.30. The molecule has 0 spiro atoms. The summed E-state index contributed by atoms with van der Waals surface area (Å²) < 4.78 is 2.11. The van der Waals surface area contributed by atoms with Crippen molar-refractivity contribution >= 4 is 16.8 Å². The third-order valence-electron chi connectivity index (χ3n) is 4.44. The molecule has 2 aromatic heterocycles. The van der Waals surface area contributed by atoms with Crippen LogP contribution in [0.4, 0.5) is 0 Å². The summed E-state index contributed by atoms with van der Waals surface area (Å²) in [4.78, 5) is 16.3. The SMILES string of the molecule is NNC(=O)c1cccc2c1ccn2Cc1cncc(-c2ccccc2)c1. The summed E-state index contributed by atoms with van der Waals surface area (Å²) in [6.07, 6.45) is 5.72. The van der Waals surface area contributed by atoms with E-state index < -0.39 is 0 Å². The highest BCUT2D eigenvalue weighted by Gasteiger charge is 2.11. The van der Waals surface area contributed by atoms with E-state index in [-0.39, 0.29) is 5.91 Å². The molecule has 26 heavy (non-hydrogen) atoms. The van der Waals surface area contributed by atoms with Gasteiger partial charge in [0.15, 0.2) is 0 Å². The number of pyridine rings is 1. The zero-order valence-electron chi connectivity index (χ0n) is 14.1. The number of nitrogen functional groups attached to an aromatic ring is 1. The zero-order valence-corrected chi connectivity index (χ0v) is 14.1. The van der Waals surface area contributed by atoms with Crippen molar-refractivity contribution in [3.8, 4) is 11.1 Å². The van der Waals surface area contributed by atoms with E-state index in [4.69, 9.17) is 5.84 Å². The lowest BCUT2D eigenvalue weighted by Gasteiger charge is -2.09. The lowest BCUT2D eigenvalue weighted by molar-refractivity contribution is 0.0955. The van der Waals surface area contributed by atoms with Crippen LogP contribution in [0.15, 0.2) is 79.3 Å². The second kappa shape index (κ2) is 6.82. The minimum atomic E-state index is -0.291. The average molecular weight is 342 g/mol. The Kier molecular flexibility index (Phi) is 4.21. The maximum absolute atomic E-state index is 11.9. The number of nitrogens with two attached hydrogens (primary N) is 1. The van der Waals surface area contributed by atoms with Gasteiger partial charge in [0.25, 0.3) is 5.91 Å². The molecule has 0 saturated heterocycles. The summed E-state index contributed by atoms with van der Waals surface area (Å²) in [5.41, 5.74) is 7.07. The number of benzene rings is 2. The minimum absolute atomic E-state index is 0.291. The van der Waals surface area contributed by atoms with Crippen molar-refractivity contribution in [1.29, 1.82) is 0 Å². The van der Waals surface area contributed by atoms with Gasteiger partial charge >= 0.3 is 0 Å². The van der Waals surface area contributed by atoms with Gasteiger partial charge in [0.1, 0.15) is 0 Å². The van der Waals surface area contributed by atoms with Gasteiger partial charge in [0, 0.05) is 41.6 Å². The number of hydrazine groups is 1. The fourth-order valence-corrected chi connectivity index (χ4v) is 3.20. The monoisotopic (exact) mass is 342 g/mol. The molecule has 0 saturated carbocycles. The molecule has 0 aliphatic heterocycles. The number of carbonyl (C=O) groups is 1. The van der Waals surface area contributed by atoms with Crippen molar-refractivity contribution < 1.29 is 4.79 Å². The molecule has 4 rings (SSSR count). The van der Waals surface area contributed by atoms with Gasteiger partial charge in [-0.05, 0) is 35.4 Å². The van der Waals surface area contributed by atoms with Crippen LogP contribution in [0, 0.1) is 0 Å². The molecule has 4 aromatic rings. The number of nitrogens with one attached hydrogen (secondary N) is 1. The number of amides is 1. The van der Waals surface area contributed by atoms with E-state index in [0.29, 0.717) is 12.1 Å². The van der Waals surface area contributed by atoms with Crippen LogP contribution < -0.4 is 11.3 Å². The third-order valence-corrected chi connectivity index (χ3v) is 4.44. The summed E-state index contributed by atoms with van der Waals surface area (Å²) in [7, 11) is 0. The first-order valence-corrected chi connectivity index (χ1v) is 8.34. The van der Waals surface area contributed by atoms with E-state index in [0.717, 1.165) is 27.6 Å². The number of hydrogen-bond acceptors (Lipinski definition) is 3. The standard InChI is InChI=1S/C21H18N4O/c22-24-21(26)19-7-4-8-20-18(19)9-10-25(20)14-15-11-17(13-23-12-15)16-5-2-1-3-6-16/h1-13H,14,22H2,(H,24,26). The van der Waals surface area contributed by atoms with E-state index in [2.05, 4.69) is 33.2 Å². The van der Waals surface area contributed by atoms with E-state index in [1.165, 1.54) is 0 Å². The van der Waals surface area contributed by atoms with Crippen molar-refractivity contribution in [2.75, 3.05) is 0 Å². The molecular weight excluding hydrogens is 324 g/mol. The molecule has 5 nitrogen and oxygen atoms in total. The van der Waals surface area contributed by atoms with Gasteiger partial charge in [-0.25, -0.2) is 5.84 Å². The number of nitrogens with zero attached hydrogens (tertiary/aromatic N) is 2. The Morgan fingerprint density at radius 3 is 2.65 bits per heavy atom. The molecule has 0 unspecified atom stereocenters. The van der Waals surface area contributed by atoms with Crippen molar-refractivity contribution in [3.63, 3.8) is 0 Å². The van der Waals surface area contributed by atoms with Crippen LogP contribution in [0.5, 0.6) is 0 Å². The van der Waals surface area contributed by atoms with Gasteiger partial charge in [-0.3, -0.25) is 15.2 Å². The summed E-state index contributed by atoms with van der Waals surface area (Å²) in [6, 6.07) is 19.9. The van der Waals surface area contributed by atoms with Gasteiger partial charge in [0.2, 0.25) is 0 Å². The van der Waals surface area contributed by atoms with Crippen LogP contribution in [0.2, 0.25) is 0 Å². The maximum Gasteiger partial charge on any atom is 0.265 e. The number of hydrogen-bond donors (Lipinski definition) is 2. The molecule has 0 fully saturated rings. The van der Waals surface area contributed by atoms with Crippen LogP contribution in [-0.4, -0.2) is 15.5 Å². The molecule has 0 aliphatic rings. The number of fused-ring (bicyclic) bond motifs is 1. The summed E-state index contributed by atoms with van der Waals surface area (Å²) in [5.74, 6) is 4.99. The molecule has 3 N–H and O–H groups in total. The highest BCUT2D eigenvalue weighted by atomic mass is 16.2. The van der Waals surface area contributed by atoms with E-state index >= 15 is 0 Å². The molecule has 2 aromatic carbocycles. The number of aromatic nitrogens is 2. The van der Waals surface area contributed by atoms with Crippen LogP contribution in [0.3, 0.4) is 0 Å². The van der Waals surface area contributed by atoms with Crippen LogP contribution in [0.1, 0.15) is 15.9 Å². The fraction of sp³-hybridized carbons (Fsp3) is 0.0476. The van der Waals surface area contributed by atoms with E-state index in [1.807, 2.05) is 55.0 Å². The normalized spacial score (nSPS) is 10.8. The van der Waals surface area contributed by atoms with E-state index in [9.17, 15) is 4.79 Å². The first-order valence-electron chi connectivity index (χ1n) is 8.34. The molecule has 2 heterocycles. The minimum Gasteiger partial charge on any atom is -0.343 e. The van der Waals surface area contributed by atoms with Crippen molar-refractivity contribution in [1.82, 2.24) is 15.0 Å². The molecule has 128 valence electrons. The molecule has 5 heteroatoms. The van der Waals surface area contributed by atoms with Crippen LogP contribution in [0.25, 0.3) is 22.0 Å². The van der Waals surface area contributed by atoms with Crippen molar-refractivity contribution in [3.05, 3.63) is 90.4 Å². The molecular formula is C21H18N4O. The van der Waals surface area contributed by atoms with Gasteiger partial charge in [-0.2, -0.15) is 0 Å². The second-order valence-electron chi connectivity index (χ2n) is 6.10. The average Bonchev–Trinajstić information content (AvgIpc) is 3.11. The first kappa shape index (κ1) is 16.1.